The van der Waals surface area contributed by atoms with Crippen LogP contribution in [0.15, 0.2) is 47.5 Å². The maximum Gasteiger partial charge on any atom is 0.191 e. The second-order valence-electron chi connectivity index (χ2n) is 6.15. The van der Waals surface area contributed by atoms with Gasteiger partial charge in [0.2, 0.25) is 0 Å². The Morgan fingerprint density at radius 2 is 1.83 bits per heavy atom. The standard InChI is InChI=1S/C21H28ClN3O3.HI/c1-4-23-21(24-11-10-15-8-9-18(28-3)13-19(15)22)25-14-20(26)16-6-5-7-17(12-16)27-2;/h5-9,12-13,20,26H,4,10-11,14H2,1-3H3,(H2,23,24,25);1H. The number of guanidine groups is 1. The van der Waals surface area contributed by atoms with E-state index in [9.17, 15) is 5.11 Å². The predicted molar refractivity (Wildman–Crippen MR) is 129 cm³/mol. The Bertz CT molecular complexity index is 790. The summed E-state index contributed by atoms with van der Waals surface area (Å²) in [7, 11) is 3.22. The monoisotopic (exact) mass is 533 g/mol. The van der Waals surface area contributed by atoms with Crippen LogP contribution >= 0.6 is 35.6 Å². The van der Waals surface area contributed by atoms with E-state index in [0.29, 0.717) is 23.3 Å². The molecule has 0 saturated heterocycles. The summed E-state index contributed by atoms with van der Waals surface area (Å²) >= 11 is 6.28. The zero-order chi connectivity index (χ0) is 20.4. The van der Waals surface area contributed by atoms with E-state index in [0.717, 1.165) is 29.8 Å². The molecule has 160 valence electrons. The number of nitrogens with zero attached hydrogens (tertiary/aromatic N) is 1. The zero-order valence-corrected chi connectivity index (χ0v) is 20.0. The minimum absolute atomic E-state index is 0. The largest absolute Gasteiger partial charge is 0.497 e. The summed E-state index contributed by atoms with van der Waals surface area (Å²) in [6, 6.07) is 13.0. The van der Waals surface area contributed by atoms with E-state index < -0.39 is 6.10 Å². The van der Waals surface area contributed by atoms with Crippen molar-refractivity contribution in [2.75, 3.05) is 33.9 Å². The van der Waals surface area contributed by atoms with Gasteiger partial charge in [-0.2, -0.15) is 0 Å². The van der Waals surface area contributed by atoms with E-state index in [2.05, 4.69) is 15.6 Å². The molecule has 3 N–H and O–H groups in total. The third kappa shape index (κ3) is 8.28. The van der Waals surface area contributed by atoms with Gasteiger partial charge in [-0.05, 0) is 48.7 Å². The fourth-order valence-corrected chi connectivity index (χ4v) is 2.91. The van der Waals surface area contributed by atoms with Gasteiger partial charge in [-0.3, -0.25) is 4.99 Å². The molecule has 2 aromatic carbocycles. The Morgan fingerprint density at radius 3 is 2.48 bits per heavy atom. The van der Waals surface area contributed by atoms with Gasteiger partial charge in [0, 0.05) is 18.1 Å². The number of rotatable bonds is 9. The molecule has 1 atom stereocenters. The van der Waals surface area contributed by atoms with Gasteiger partial charge < -0.3 is 25.2 Å². The molecule has 0 bridgehead atoms. The first-order valence-electron chi connectivity index (χ1n) is 9.24. The van der Waals surface area contributed by atoms with Crippen LogP contribution in [0.1, 0.15) is 24.2 Å². The summed E-state index contributed by atoms with van der Waals surface area (Å²) in [4.78, 5) is 4.48. The molecule has 0 saturated carbocycles. The van der Waals surface area contributed by atoms with E-state index >= 15 is 0 Å². The maximum atomic E-state index is 10.4. The number of benzene rings is 2. The smallest absolute Gasteiger partial charge is 0.191 e. The van der Waals surface area contributed by atoms with E-state index in [4.69, 9.17) is 21.1 Å². The van der Waals surface area contributed by atoms with Crippen molar-refractivity contribution in [2.24, 2.45) is 4.99 Å². The van der Waals surface area contributed by atoms with Gasteiger partial charge in [0.05, 0.1) is 26.9 Å². The molecule has 0 aliphatic carbocycles. The summed E-state index contributed by atoms with van der Waals surface area (Å²) in [6.07, 6.45) is 0.0349. The lowest BCUT2D eigenvalue weighted by atomic mass is 10.1. The van der Waals surface area contributed by atoms with Gasteiger partial charge >= 0.3 is 0 Å². The number of aliphatic imine (C=N–C) groups is 1. The number of nitrogens with one attached hydrogen (secondary N) is 2. The number of aliphatic hydroxyl groups excluding tert-OH is 1. The molecule has 8 heteroatoms. The fourth-order valence-electron chi connectivity index (χ4n) is 2.65. The van der Waals surface area contributed by atoms with Gasteiger partial charge in [-0.25, -0.2) is 0 Å². The van der Waals surface area contributed by atoms with Crippen molar-refractivity contribution in [1.82, 2.24) is 10.6 Å². The molecule has 2 rings (SSSR count). The van der Waals surface area contributed by atoms with Gasteiger partial charge in [-0.15, -0.1) is 24.0 Å². The van der Waals surface area contributed by atoms with Gasteiger partial charge in [-0.1, -0.05) is 29.8 Å². The third-order valence-corrected chi connectivity index (χ3v) is 4.54. The average Bonchev–Trinajstić information content (AvgIpc) is 2.72. The topological polar surface area (TPSA) is 75.1 Å². The number of hydrogen-bond acceptors (Lipinski definition) is 4. The van der Waals surface area contributed by atoms with Crippen LogP contribution in [0.25, 0.3) is 0 Å². The number of halogens is 2. The van der Waals surface area contributed by atoms with Gasteiger partial charge in [0.1, 0.15) is 11.5 Å². The van der Waals surface area contributed by atoms with Crippen molar-refractivity contribution in [3.63, 3.8) is 0 Å². The van der Waals surface area contributed by atoms with Crippen molar-refractivity contribution >= 4 is 41.5 Å². The minimum atomic E-state index is -0.707. The van der Waals surface area contributed by atoms with E-state index in [-0.39, 0.29) is 30.5 Å². The summed E-state index contributed by atoms with van der Waals surface area (Å²) in [5.41, 5.74) is 1.80. The molecule has 2 aromatic rings. The fraction of sp³-hybridized carbons (Fsp3) is 0.381. The molecular formula is C21H29ClIN3O3. The van der Waals surface area contributed by atoms with Crippen LogP contribution in [-0.4, -0.2) is 44.9 Å². The van der Waals surface area contributed by atoms with Crippen molar-refractivity contribution in [2.45, 2.75) is 19.4 Å². The van der Waals surface area contributed by atoms with Crippen molar-refractivity contribution in [3.8, 4) is 11.5 Å². The lowest BCUT2D eigenvalue weighted by Gasteiger charge is -2.14. The van der Waals surface area contributed by atoms with Crippen LogP contribution in [0.5, 0.6) is 11.5 Å². The molecule has 0 amide bonds. The van der Waals surface area contributed by atoms with Crippen LogP contribution in [0, 0.1) is 0 Å². The highest BCUT2D eigenvalue weighted by Gasteiger charge is 2.09. The van der Waals surface area contributed by atoms with Gasteiger partial charge in [0.25, 0.3) is 0 Å². The molecule has 6 nitrogen and oxygen atoms in total. The maximum absolute atomic E-state index is 10.4. The predicted octanol–water partition coefficient (Wildman–Crippen LogP) is 3.81. The molecule has 0 aliphatic rings. The molecular weight excluding hydrogens is 505 g/mol. The van der Waals surface area contributed by atoms with Crippen molar-refractivity contribution in [3.05, 3.63) is 58.6 Å². The molecule has 0 fully saturated rings. The Morgan fingerprint density at radius 1 is 1.10 bits per heavy atom. The number of ether oxygens (including phenoxy) is 2. The van der Waals surface area contributed by atoms with Crippen LogP contribution < -0.4 is 20.1 Å². The zero-order valence-electron chi connectivity index (χ0n) is 16.9. The summed E-state index contributed by atoms with van der Waals surface area (Å²) < 4.78 is 10.4. The van der Waals surface area contributed by atoms with Crippen LogP contribution in [0.4, 0.5) is 0 Å². The summed E-state index contributed by atoms with van der Waals surface area (Å²) in [5, 5.41) is 17.5. The molecule has 0 spiro atoms. The van der Waals surface area contributed by atoms with Crippen molar-refractivity contribution < 1.29 is 14.6 Å². The Kier molecular flexibility index (Phi) is 11.8. The molecule has 0 aromatic heterocycles. The highest BCUT2D eigenvalue weighted by Crippen LogP contribution is 2.22. The molecule has 0 heterocycles. The minimum Gasteiger partial charge on any atom is -0.497 e. The first-order chi connectivity index (χ1) is 13.6. The Hall–Kier alpha value is -1.71. The first-order valence-corrected chi connectivity index (χ1v) is 9.61. The Balaban J connectivity index is 0.00000420. The Labute approximate surface area is 194 Å². The molecule has 0 aliphatic heterocycles. The summed E-state index contributed by atoms with van der Waals surface area (Å²) in [6.45, 7) is 3.62. The van der Waals surface area contributed by atoms with E-state index in [1.165, 1.54) is 0 Å². The van der Waals surface area contributed by atoms with Crippen LogP contribution in [0.3, 0.4) is 0 Å². The average molecular weight is 534 g/mol. The second-order valence-corrected chi connectivity index (χ2v) is 6.55. The second kappa shape index (κ2) is 13.5. The highest BCUT2D eigenvalue weighted by atomic mass is 127. The number of methoxy groups -OCH3 is 2. The van der Waals surface area contributed by atoms with E-state index in [1.807, 2.05) is 43.3 Å². The summed E-state index contributed by atoms with van der Waals surface area (Å²) in [5.74, 6) is 2.10. The highest BCUT2D eigenvalue weighted by molar-refractivity contribution is 14.0. The molecule has 29 heavy (non-hydrogen) atoms. The molecule has 0 radical (unpaired) electrons. The SMILES string of the molecule is CCNC(=NCC(O)c1cccc(OC)c1)NCCc1ccc(OC)cc1Cl.I. The van der Waals surface area contributed by atoms with Gasteiger partial charge in [0.15, 0.2) is 5.96 Å². The number of aliphatic hydroxyl groups is 1. The first kappa shape index (κ1) is 25.3. The van der Waals surface area contributed by atoms with Crippen LogP contribution in [0.2, 0.25) is 5.02 Å². The molecule has 1 unspecified atom stereocenters. The van der Waals surface area contributed by atoms with Crippen molar-refractivity contribution in [1.29, 1.82) is 0 Å². The normalized spacial score (nSPS) is 12.0. The third-order valence-electron chi connectivity index (χ3n) is 4.19. The lowest BCUT2D eigenvalue weighted by molar-refractivity contribution is 0.186. The van der Waals surface area contributed by atoms with Crippen LogP contribution in [-0.2, 0) is 6.42 Å². The quantitative estimate of drug-likeness (QED) is 0.260. The van der Waals surface area contributed by atoms with E-state index in [1.54, 1.807) is 20.3 Å². The lowest BCUT2D eigenvalue weighted by Crippen LogP contribution is -2.38. The number of hydrogen-bond donors (Lipinski definition) is 3.